The zero-order valence-electron chi connectivity index (χ0n) is 15.6. The van der Waals surface area contributed by atoms with Crippen LogP contribution in [0.3, 0.4) is 0 Å². The highest BCUT2D eigenvalue weighted by molar-refractivity contribution is 5.92. The Hall–Kier alpha value is -2.96. The normalized spacial score (nSPS) is 15.4. The van der Waals surface area contributed by atoms with Crippen LogP contribution in [0.5, 0.6) is 0 Å². The van der Waals surface area contributed by atoms with Crippen molar-refractivity contribution in [2.24, 2.45) is 13.0 Å². The molecular formula is C20H23N5O2. The van der Waals surface area contributed by atoms with Crippen molar-refractivity contribution < 1.29 is 4.79 Å². The topological polar surface area (TPSA) is 73.0 Å². The lowest BCUT2D eigenvalue weighted by Crippen LogP contribution is -2.40. The van der Waals surface area contributed by atoms with E-state index >= 15 is 0 Å². The first-order chi connectivity index (χ1) is 13.0. The van der Waals surface area contributed by atoms with E-state index in [2.05, 4.69) is 10.1 Å². The molecule has 0 atom stereocenters. The van der Waals surface area contributed by atoms with Gasteiger partial charge in [0, 0.05) is 26.7 Å². The van der Waals surface area contributed by atoms with E-state index in [0.29, 0.717) is 36.6 Å². The molecule has 0 unspecified atom stereocenters. The van der Waals surface area contributed by atoms with Crippen LogP contribution in [0, 0.1) is 12.8 Å². The molecule has 0 radical (unpaired) electrons. The molecule has 1 saturated heterocycles. The van der Waals surface area contributed by atoms with Crippen LogP contribution < -0.4 is 5.56 Å². The van der Waals surface area contributed by atoms with Crippen LogP contribution >= 0.6 is 0 Å². The Labute approximate surface area is 157 Å². The van der Waals surface area contributed by atoms with E-state index in [9.17, 15) is 9.59 Å². The van der Waals surface area contributed by atoms with Gasteiger partial charge in [0.15, 0.2) is 0 Å². The number of amides is 1. The van der Waals surface area contributed by atoms with E-state index in [0.717, 1.165) is 24.1 Å². The molecule has 1 fully saturated rings. The van der Waals surface area contributed by atoms with Crippen molar-refractivity contribution >= 4 is 16.8 Å². The van der Waals surface area contributed by atoms with E-state index < -0.39 is 0 Å². The summed E-state index contributed by atoms with van der Waals surface area (Å²) >= 11 is 0. The summed E-state index contributed by atoms with van der Waals surface area (Å²) in [5.74, 6) is 0.393. The molecule has 0 spiro atoms. The van der Waals surface area contributed by atoms with Gasteiger partial charge in [0.1, 0.15) is 5.69 Å². The van der Waals surface area contributed by atoms with Crippen LogP contribution in [0.1, 0.15) is 29.0 Å². The predicted octanol–water partition coefficient (Wildman–Crippen LogP) is 1.99. The average molecular weight is 365 g/mol. The molecule has 1 aromatic carbocycles. The number of fused-ring (bicyclic) bond motifs is 1. The first kappa shape index (κ1) is 17.5. The zero-order valence-corrected chi connectivity index (χ0v) is 15.6. The van der Waals surface area contributed by atoms with Gasteiger partial charge in [-0.1, -0.05) is 12.1 Å². The molecule has 1 amide bonds. The van der Waals surface area contributed by atoms with Gasteiger partial charge >= 0.3 is 0 Å². The molecular weight excluding hydrogens is 342 g/mol. The Kier molecular flexibility index (Phi) is 4.51. The smallest absolute Gasteiger partial charge is 0.272 e. The Morgan fingerprint density at radius 3 is 2.67 bits per heavy atom. The third-order valence-electron chi connectivity index (χ3n) is 5.31. The predicted molar refractivity (Wildman–Crippen MR) is 103 cm³/mol. The highest BCUT2D eigenvalue weighted by Gasteiger charge is 2.26. The standard InChI is InChI=1S/C20H23N5O2/c1-14-11-18(23(2)22-14)20(27)24-9-7-15(8-10-24)12-25-13-21-17-6-4-3-5-16(17)19(25)26/h3-6,11,13,15H,7-10,12H2,1-2H3. The summed E-state index contributed by atoms with van der Waals surface area (Å²) in [6.45, 7) is 3.93. The largest absolute Gasteiger partial charge is 0.337 e. The van der Waals surface area contributed by atoms with Crippen LogP contribution in [0.2, 0.25) is 0 Å². The van der Waals surface area contributed by atoms with Gasteiger partial charge in [0.2, 0.25) is 0 Å². The maximum absolute atomic E-state index is 12.7. The van der Waals surface area contributed by atoms with E-state index in [4.69, 9.17) is 0 Å². The average Bonchev–Trinajstić information content (AvgIpc) is 3.02. The second-order valence-electron chi connectivity index (χ2n) is 7.25. The van der Waals surface area contributed by atoms with E-state index in [-0.39, 0.29) is 11.5 Å². The van der Waals surface area contributed by atoms with E-state index in [1.54, 1.807) is 22.6 Å². The number of hydrogen-bond acceptors (Lipinski definition) is 4. The summed E-state index contributed by atoms with van der Waals surface area (Å²) in [4.78, 5) is 31.6. The number of hydrogen-bond donors (Lipinski definition) is 0. The first-order valence-corrected chi connectivity index (χ1v) is 9.27. The fraction of sp³-hybridized carbons (Fsp3) is 0.400. The molecule has 2 aromatic heterocycles. The van der Waals surface area contributed by atoms with Crippen molar-refractivity contribution in [3.63, 3.8) is 0 Å². The second-order valence-corrected chi connectivity index (χ2v) is 7.25. The minimum absolute atomic E-state index is 0.00414. The summed E-state index contributed by atoms with van der Waals surface area (Å²) < 4.78 is 3.35. The minimum atomic E-state index is 0.00414. The van der Waals surface area contributed by atoms with Crippen LogP contribution in [0.15, 0.2) is 41.5 Å². The fourth-order valence-corrected chi connectivity index (χ4v) is 3.81. The SMILES string of the molecule is Cc1cc(C(=O)N2CCC(Cn3cnc4ccccc4c3=O)CC2)n(C)n1. The number of carbonyl (C=O) groups excluding carboxylic acids is 1. The number of piperidine rings is 1. The van der Waals surface area contributed by atoms with Crippen molar-refractivity contribution in [2.45, 2.75) is 26.3 Å². The molecule has 7 nitrogen and oxygen atoms in total. The highest BCUT2D eigenvalue weighted by Crippen LogP contribution is 2.20. The van der Waals surface area contributed by atoms with Gasteiger partial charge in [-0.2, -0.15) is 5.10 Å². The minimum Gasteiger partial charge on any atom is -0.337 e. The molecule has 0 N–H and O–H groups in total. The molecule has 1 aliphatic heterocycles. The van der Waals surface area contributed by atoms with Crippen molar-refractivity contribution in [3.8, 4) is 0 Å². The Morgan fingerprint density at radius 1 is 1.22 bits per heavy atom. The van der Waals surface area contributed by atoms with Gasteiger partial charge in [0.05, 0.1) is 22.9 Å². The van der Waals surface area contributed by atoms with Gasteiger partial charge in [-0.15, -0.1) is 0 Å². The van der Waals surface area contributed by atoms with Crippen LogP contribution in [0.4, 0.5) is 0 Å². The summed E-state index contributed by atoms with van der Waals surface area (Å²) in [7, 11) is 1.80. The molecule has 0 bridgehead atoms. The van der Waals surface area contributed by atoms with Crippen molar-refractivity contribution in [2.75, 3.05) is 13.1 Å². The van der Waals surface area contributed by atoms with Gasteiger partial charge < -0.3 is 4.90 Å². The molecule has 140 valence electrons. The van der Waals surface area contributed by atoms with Crippen LogP contribution in [-0.2, 0) is 13.6 Å². The third kappa shape index (κ3) is 3.37. The molecule has 0 aliphatic carbocycles. The maximum Gasteiger partial charge on any atom is 0.272 e. The zero-order chi connectivity index (χ0) is 19.0. The van der Waals surface area contributed by atoms with Crippen molar-refractivity contribution in [1.82, 2.24) is 24.2 Å². The monoisotopic (exact) mass is 365 g/mol. The quantitative estimate of drug-likeness (QED) is 0.712. The Morgan fingerprint density at radius 2 is 1.96 bits per heavy atom. The number of likely N-dealkylation sites (tertiary alicyclic amines) is 1. The van der Waals surface area contributed by atoms with Crippen LogP contribution in [0.25, 0.3) is 10.9 Å². The molecule has 1 aliphatic rings. The fourth-order valence-electron chi connectivity index (χ4n) is 3.81. The van der Waals surface area contributed by atoms with Gasteiger partial charge in [-0.25, -0.2) is 4.98 Å². The van der Waals surface area contributed by atoms with E-state index in [1.165, 1.54) is 0 Å². The number of carbonyl (C=O) groups is 1. The Balaban J connectivity index is 1.43. The maximum atomic E-state index is 12.7. The number of nitrogens with zero attached hydrogens (tertiary/aromatic N) is 5. The lowest BCUT2D eigenvalue weighted by atomic mass is 9.96. The molecule has 7 heteroatoms. The third-order valence-corrected chi connectivity index (χ3v) is 5.31. The molecule has 3 aromatic rings. The van der Waals surface area contributed by atoms with Gasteiger partial charge in [-0.3, -0.25) is 18.8 Å². The second kappa shape index (κ2) is 6.98. The van der Waals surface area contributed by atoms with Crippen molar-refractivity contribution in [3.05, 3.63) is 58.4 Å². The number of aromatic nitrogens is 4. The lowest BCUT2D eigenvalue weighted by Gasteiger charge is -2.32. The van der Waals surface area contributed by atoms with Crippen molar-refractivity contribution in [1.29, 1.82) is 0 Å². The van der Waals surface area contributed by atoms with E-state index in [1.807, 2.05) is 42.2 Å². The molecule has 4 rings (SSSR count). The van der Waals surface area contributed by atoms with Crippen LogP contribution in [-0.4, -0.2) is 43.2 Å². The number of benzene rings is 1. The number of rotatable bonds is 3. The number of para-hydroxylation sites is 1. The molecule has 27 heavy (non-hydrogen) atoms. The van der Waals surface area contributed by atoms with Gasteiger partial charge in [-0.05, 0) is 43.9 Å². The Bertz CT molecular complexity index is 1040. The first-order valence-electron chi connectivity index (χ1n) is 9.27. The summed E-state index contributed by atoms with van der Waals surface area (Å²) in [5.41, 5.74) is 2.20. The molecule has 0 saturated carbocycles. The summed E-state index contributed by atoms with van der Waals surface area (Å²) in [6, 6.07) is 9.24. The summed E-state index contributed by atoms with van der Waals surface area (Å²) in [6.07, 6.45) is 3.39. The summed E-state index contributed by atoms with van der Waals surface area (Å²) in [5, 5.41) is 4.91. The van der Waals surface area contributed by atoms with Gasteiger partial charge in [0.25, 0.3) is 11.5 Å². The number of aryl methyl sites for hydroxylation is 2. The molecule has 3 heterocycles. The lowest BCUT2D eigenvalue weighted by molar-refractivity contribution is 0.0671. The highest BCUT2D eigenvalue weighted by atomic mass is 16.2.